The molecule has 0 amide bonds. The van der Waals surface area contributed by atoms with Crippen LogP contribution in [0.15, 0.2) is 18.2 Å². The lowest BCUT2D eigenvalue weighted by atomic mass is 10.1. The van der Waals surface area contributed by atoms with Gasteiger partial charge in [0.2, 0.25) is 5.88 Å². The van der Waals surface area contributed by atoms with Crippen molar-refractivity contribution < 1.29 is 5.11 Å². The highest BCUT2D eigenvalue weighted by atomic mass is 16.3. The second-order valence-electron chi connectivity index (χ2n) is 3.88. The molecule has 78 valence electrons. The molecule has 0 radical (unpaired) electrons. The Balaban J connectivity index is 2.56. The molecule has 1 aromatic heterocycles. The molecule has 1 unspecified atom stereocenters. The van der Waals surface area contributed by atoms with Crippen molar-refractivity contribution in [2.45, 2.75) is 32.7 Å². The molecule has 0 saturated heterocycles. The largest absolute Gasteiger partial charge is 0.493 e. The molecule has 0 aliphatic rings. The van der Waals surface area contributed by atoms with Crippen molar-refractivity contribution >= 4 is 0 Å². The predicted octanol–water partition coefficient (Wildman–Crippen LogP) is 1.89. The van der Waals surface area contributed by atoms with E-state index in [-0.39, 0.29) is 5.88 Å². The van der Waals surface area contributed by atoms with E-state index in [1.54, 1.807) is 6.07 Å². The summed E-state index contributed by atoms with van der Waals surface area (Å²) in [6.07, 6.45) is 0. The number of rotatable bonds is 4. The Labute approximate surface area is 85.2 Å². The quantitative estimate of drug-likeness (QED) is 0.769. The summed E-state index contributed by atoms with van der Waals surface area (Å²) in [6, 6.07) is 5.83. The van der Waals surface area contributed by atoms with E-state index in [1.807, 2.05) is 12.1 Å². The average molecular weight is 194 g/mol. The third kappa shape index (κ3) is 3.34. The van der Waals surface area contributed by atoms with Gasteiger partial charge in [-0.05, 0) is 6.07 Å². The first-order chi connectivity index (χ1) is 6.59. The molecule has 0 aliphatic heterocycles. The van der Waals surface area contributed by atoms with Gasteiger partial charge in [-0.25, -0.2) is 4.98 Å². The molecule has 0 bridgehead atoms. The highest BCUT2D eigenvalue weighted by Gasteiger charge is 2.07. The molecule has 0 spiro atoms. The number of aromatic hydroxyl groups is 1. The van der Waals surface area contributed by atoms with Crippen LogP contribution in [-0.4, -0.2) is 22.7 Å². The second kappa shape index (κ2) is 4.96. The minimum atomic E-state index is 0.0962. The maximum Gasteiger partial charge on any atom is 0.210 e. The molecule has 1 rings (SSSR count). The third-order valence-electron chi connectivity index (χ3n) is 2.09. The summed E-state index contributed by atoms with van der Waals surface area (Å²) in [6.45, 7) is 7.20. The van der Waals surface area contributed by atoms with Gasteiger partial charge in [0.05, 0.1) is 0 Å². The van der Waals surface area contributed by atoms with Crippen molar-refractivity contribution in [1.82, 2.24) is 10.3 Å². The fourth-order valence-electron chi connectivity index (χ4n) is 1.23. The zero-order chi connectivity index (χ0) is 10.6. The van der Waals surface area contributed by atoms with Crippen LogP contribution in [0.3, 0.4) is 0 Å². The van der Waals surface area contributed by atoms with Crippen LogP contribution in [0.1, 0.15) is 32.4 Å². The minimum absolute atomic E-state index is 0.0962. The highest BCUT2D eigenvalue weighted by molar-refractivity contribution is 5.17. The van der Waals surface area contributed by atoms with Crippen LogP contribution in [0.25, 0.3) is 0 Å². The van der Waals surface area contributed by atoms with E-state index in [0.29, 0.717) is 12.0 Å². The van der Waals surface area contributed by atoms with Crippen LogP contribution < -0.4 is 5.32 Å². The number of nitrogens with zero attached hydrogens (tertiary/aromatic N) is 1. The topological polar surface area (TPSA) is 45.1 Å². The Morgan fingerprint density at radius 3 is 2.64 bits per heavy atom. The fourth-order valence-corrected chi connectivity index (χ4v) is 1.23. The standard InChI is InChI=1S/C11H18N2O/c1-8(2)12-7-9(3)10-5-4-6-11(14)13-10/h4-6,8-9,12H,7H2,1-3H3,(H,13,14). The van der Waals surface area contributed by atoms with Crippen LogP contribution in [0.5, 0.6) is 5.88 Å². The molecule has 1 atom stereocenters. The Kier molecular flexibility index (Phi) is 3.89. The lowest BCUT2D eigenvalue weighted by Gasteiger charge is -2.14. The molecular formula is C11H18N2O. The van der Waals surface area contributed by atoms with Gasteiger partial charge in [0.15, 0.2) is 0 Å². The molecular weight excluding hydrogens is 176 g/mol. The molecule has 0 aromatic carbocycles. The number of hydrogen-bond donors (Lipinski definition) is 2. The molecule has 0 fully saturated rings. The van der Waals surface area contributed by atoms with Crippen LogP contribution in [0.2, 0.25) is 0 Å². The van der Waals surface area contributed by atoms with Crippen LogP contribution >= 0.6 is 0 Å². The van der Waals surface area contributed by atoms with Gasteiger partial charge in [-0.3, -0.25) is 0 Å². The normalized spacial score (nSPS) is 13.1. The molecule has 2 N–H and O–H groups in total. The lowest BCUT2D eigenvalue weighted by molar-refractivity contribution is 0.447. The second-order valence-corrected chi connectivity index (χ2v) is 3.88. The smallest absolute Gasteiger partial charge is 0.210 e. The van der Waals surface area contributed by atoms with Crippen molar-refractivity contribution in [3.8, 4) is 5.88 Å². The van der Waals surface area contributed by atoms with Gasteiger partial charge in [-0.2, -0.15) is 0 Å². The average Bonchev–Trinajstić information content (AvgIpc) is 2.14. The maximum atomic E-state index is 9.21. The minimum Gasteiger partial charge on any atom is -0.493 e. The molecule has 3 heteroatoms. The molecule has 0 aliphatic carbocycles. The first-order valence-electron chi connectivity index (χ1n) is 4.99. The van der Waals surface area contributed by atoms with Crippen molar-refractivity contribution in [2.24, 2.45) is 0 Å². The number of nitrogens with one attached hydrogen (secondary N) is 1. The summed E-state index contributed by atoms with van der Waals surface area (Å²) in [7, 11) is 0. The Hall–Kier alpha value is -1.09. The predicted molar refractivity (Wildman–Crippen MR) is 57.5 cm³/mol. The highest BCUT2D eigenvalue weighted by Crippen LogP contribution is 2.14. The Morgan fingerprint density at radius 2 is 2.07 bits per heavy atom. The van der Waals surface area contributed by atoms with E-state index < -0.39 is 0 Å². The van der Waals surface area contributed by atoms with Gasteiger partial charge in [0.25, 0.3) is 0 Å². The van der Waals surface area contributed by atoms with Crippen molar-refractivity contribution in [3.05, 3.63) is 23.9 Å². The summed E-state index contributed by atoms with van der Waals surface area (Å²) < 4.78 is 0. The molecule has 1 heterocycles. The lowest BCUT2D eigenvalue weighted by Crippen LogP contribution is -2.27. The van der Waals surface area contributed by atoms with E-state index >= 15 is 0 Å². The zero-order valence-electron chi connectivity index (χ0n) is 8.99. The molecule has 0 saturated carbocycles. The molecule has 14 heavy (non-hydrogen) atoms. The summed E-state index contributed by atoms with van der Waals surface area (Å²) in [5, 5.41) is 12.5. The Bertz CT molecular complexity index is 286. The Morgan fingerprint density at radius 1 is 1.36 bits per heavy atom. The van der Waals surface area contributed by atoms with E-state index in [0.717, 1.165) is 12.2 Å². The molecule has 1 aromatic rings. The molecule has 3 nitrogen and oxygen atoms in total. The summed E-state index contributed by atoms with van der Waals surface area (Å²) in [4.78, 5) is 4.07. The third-order valence-corrected chi connectivity index (χ3v) is 2.09. The van der Waals surface area contributed by atoms with Crippen molar-refractivity contribution in [1.29, 1.82) is 0 Å². The fraction of sp³-hybridized carbons (Fsp3) is 0.545. The first-order valence-corrected chi connectivity index (χ1v) is 4.99. The van der Waals surface area contributed by atoms with Crippen LogP contribution in [0.4, 0.5) is 0 Å². The number of aromatic nitrogens is 1. The van der Waals surface area contributed by atoms with Crippen molar-refractivity contribution in [3.63, 3.8) is 0 Å². The summed E-state index contributed by atoms with van der Waals surface area (Å²) in [5.74, 6) is 0.420. The number of pyridine rings is 1. The van der Waals surface area contributed by atoms with Gasteiger partial charge in [-0.15, -0.1) is 0 Å². The van der Waals surface area contributed by atoms with E-state index in [4.69, 9.17) is 0 Å². The van der Waals surface area contributed by atoms with Gasteiger partial charge >= 0.3 is 0 Å². The summed E-state index contributed by atoms with van der Waals surface area (Å²) >= 11 is 0. The number of hydrogen-bond acceptors (Lipinski definition) is 3. The SMILES string of the molecule is CC(C)NCC(C)c1cccc(O)n1. The van der Waals surface area contributed by atoms with Gasteiger partial charge < -0.3 is 10.4 Å². The first kappa shape index (κ1) is 11.0. The van der Waals surface area contributed by atoms with E-state index in [2.05, 4.69) is 31.1 Å². The zero-order valence-corrected chi connectivity index (χ0v) is 8.99. The van der Waals surface area contributed by atoms with Gasteiger partial charge in [0, 0.05) is 30.3 Å². The van der Waals surface area contributed by atoms with Gasteiger partial charge in [-0.1, -0.05) is 26.8 Å². The van der Waals surface area contributed by atoms with Crippen molar-refractivity contribution in [2.75, 3.05) is 6.54 Å². The van der Waals surface area contributed by atoms with Crippen LogP contribution in [0, 0.1) is 0 Å². The maximum absolute atomic E-state index is 9.21. The monoisotopic (exact) mass is 194 g/mol. The van der Waals surface area contributed by atoms with E-state index in [1.165, 1.54) is 0 Å². The van der Waals surface area contributed by atoms with Gasteiger partial charge in [0.1, 0.15) is 0 Å². The summed E-state index contributed by atoms with van der Waals surface area (Å²) in [5.41, 5.74) is 0.929. The van der Waals surface area contributed by atoms with Crippen LogP contribution in [-0.2, 0) is 0 Å². The van der Waals surface area contributed by atoms with E-state index in [9.17, 15) is 5.11 Å².